The molecule has 2 N–H and O–H groups in total. The van der Waals surface area contributed by atoms with Gasteiger partial charge in [-0.15, -0.1) is 0 Å². The Morgan fingerprint density at radius 3 is 2.27 bits per heavy atom. The van der Waals surface area contributed by atoms with Crippen LogP contribution in [0.4, 0.5) is 0 Å². The van der Waals surface area contributed by atoms with Crippen LogP contribution in [0.25, 0.3) is 0 Å². The lowest BCUT2D eigenvalue weighted by atomic mass is 10.1. The molecule has 0 fully saturated rings. The van der Waals surface area contributed by atoms with Gasteiger partial charge in [0.05, 0.1) is 0 Å². The third-order valence-electron chi connectivity index (χ3n) is 1.61. The standard InChI is InChI=1S/C10H19N/c1-3-5-7-10(4-2)8-6-9-11/h5-8,10H,3-4,9,11H2,1-2H3. The minimum atomic E-state index is 0.582. The van der Waals surface area contributed by atoms with E-state index in [9.17, 15) is 0 Å². The van der Waals surface area contributed by atoms with Gasteiger partial charge < -0.3 is 5.73 Å². The summed E-state index contributed by atoms with van der Waals surface area (Å²) in [6, 6.07) is 0. The maximum absolute atomic E-state index is 5.35. The first-order valence-electron chi connectivity index (χ1n) is 4.38. The van der Waals surface area contributed by atoms with Crippen LogP contribution in [0.1, 0.15) is 26.7 Å². The van der Waals surface area contributed by atoms with Gasteiger partial charge in [-0.1, -0.05) is 38.2 Å². The van der Waals surface area contributed by atoms with E-state index in [0.717, 1.165) is 12.8 Å². The summed E-state index contributed by atoms with van der Waals surface area (Å²) in [4.78, 5) is 0. The van der Waals surface area contributed by atoms with Gasteiger partial charge in [0.2, 0.25) is 0 Å². The molecule has 0 aromatic rings. The SMILES string of the molecule is CCC=CC(C=CCN)CC. The fraction of sp³-hybridized carbons (Fsp3) is 0.600. The molecule has 11 heavy (non-hydrogen) atoms. The number of hydrogen-bond acceptors (Lipinski definition) is 1. The minimum Gasteiger partial charge on any atom is -0.327 e. The molecule has 0 bridgehead atoms. The van der Waals surface area contributed by atoms with Crippen LogP contribution in [0.5, 0.6) is 0 Å². The average Bonchev–Trinajstić information content (AvgIpc) is 2.05. The Morgan fingerprint density at radius 2 is 1.82 bits per heavy atom. The zero-order valence-electron chi connectivity index (χ0n) is 7.59. The Morgan fingerprint density at radius 1 is 1.18 bits per heavy atom. The second-order valence-electron chi connectivity index (χ2n) is 2.57. The second kappa shape index (κ2) is 7.55. The van der Waals surface area contributed by atoms with Crippen molar-refractivity contribution in [3.63, 3.8) is 0 Å². The summed E-state index contributed by atoms with van der Waals surface area (Å²) in [5, 5.41) is 0. The number of hydrogen-bond donors (Lipinski definition) is 1. The van der Waals surface area contributed by atoms with Crippen LogP contribution in [-0.4, -0.2) is 6.54 Å². The van der Waals surface area contributed by atoms with Crippen LogP contribution >= 0.6 is 0 Å². The van der Waals surface area contributed by atoms with Crippen molar-refractivity contribution in [3.05, 3.63) is 24.3 Å². The average molecular weight is 153 g/mol. The maximum Gasteiger partial charge on any atom is 0.0107 e. The molecule has 0 spiro atoms. The van der Waals surface area contributed by atoms with E-state index in [-0.39, 0.29) is 0 Å². The molecule has 1 nitrogen and oxygen atoms in total. The van der Waals surface area contributed by atoms with Crippen molar-refractivity contribution in [1.82, 2.24) is 0 Å². The first-order valence-corrected chi connectivity index (χ1v) is 4.38. The summed E-state index contributed by atoms with van der Waals surface area (Å²) in [5.41, 5.74) is 5.35. The lowest BCUT2D eigenvalue weighted by Gasteiger charge is -2.01. The van der Waals surface area contributed by atoms with Crippen LogP contribution < -0.4 is 5.73 Å². The Balaban J connectivity index is 3.75. The lowest BCUT2D eigenvalue weighted by Crippen LogP contribution is -1.95. The van der Waals surface area contributed by atoms with E-state index in [0.29, 0.717) is 12.5 Å². The molecule has 0 aliphatic rings. The van der Waals surface area contributed by atoms with Crippen LogP contribution in [-0.2, 0) is 0 Å². The van der Waals surface area contributed by atoms with E-state index in [1.165, 1.54) is 0 Å². The van der Waals surface area contributed by atoms with Gasteiger partial charge in [0, 0.05) is 6.54 Å². The van der Waals surface area contributed by atoms with Crippen molar-refractivity contribution in [2.24, 2.45) is 11.7 Å². The van der Waals surface area contributed by atoms with Gasteiger partial charge >= 0.3 is 0 Å². The number of allylic oxidation sites excluding steroid dienone is 3. The van der Waals surface area contributed by atoms with E-state index in [1.54, 1.807) is 0 Å². The quantitative estimate of drug-likeness (QED) is 0.603. The monoisotopic (exact) mass is 153 g/mol. The van der Waals surface area contributed by atoms with Crippen LogP contribution in [0.15, 0.2) is 24.3 Å². The molecule has 0 aliphatic heterocycles. The smallest absolute Gasteiger partial charge is 0.0107 e. The highest BCUT2D eigenvalue weighted by atomic mass is 14.5. The van der Waals surface area contributed by atoms with Gasteiger partial charge in [0.15, 0.2) is 0 Å². The largest absolute Gasteiger partial charge is 0.327 e. The molecule has 0 saturated heterocycles. The summed E-state index contributed by atoms with van der Waals surface area (Å²) < 4.78 is 0. The molecule has 1 atom stereocenters. The highest BCUT2D eigenvalue weighted by molar-refractivity contribution is 5.00. The normalized spacial score (nSPS) is 14.8. The van der Waals surface area contributed by atoms with Crippen LogP contribution in [0.2, 0.25) is 0 Å². The zero-order chi connectivity index (χ0) is 8.53. The summed E-state index contributed by atoms with van der Waals surface area (Å²) in [5.74, 6) is 0.582. The van der Waals surface area contributed by atoms with E-state index >= 15 is 0 Å². The van der Waals surface area contributed by atoms with Gasteiger partial charge in [0.25, 0.3) is 0 Å². The molecule has 0 amide bonds. The predicted octanol–water partition coefficient (Wildman–Crippen LogP) is 2.49. The van der Waals surface area contributed by atoms with E-state index in [2.05, 4.69) is 32.1 Å². The first kappa shape index (κ1) is 10.4. The third-order valence-corrected chi connectivity index (χ3v) is 1.61. The Labute approximate surface area is 70.0 Å². The van der Waals surface area contributed by atoms with Crippen LogP contribution in [0, 0.1) is 5.92 Å². The van der Waals surface area contributed by atoms with Crippen molar-refractivity contribution >= 4 is 0 Å². The molecule has 1 unspecified atom stereocenters. The molecule has 1 heteroatoms. The topological polar surface area (TPSA) is 26.0 Å². The van der Waals surface area contributed by atoms with Gasteiger partial charge in [-0.3, -0.25) is 0 Å². The highest BCUT2D eigenvalue weighted by Gasteiger charge is 1.92. The van der Waals surface area contributed by atoms with Gasteiger partial charge in [0.1, 0.15) is 0 Å². The van der Waals surface area contributed by atoms with E-state index in [4.69, 9.17) is 5.73 Å². The first-order chi connectivity index (χ1) is 5.35. The molecular formula is C10H19N. The van der Waals surface area contributed by atoms with E-state index < -0.39 is 0 Å². The van der Waals surface area contributed by atoms with Crippen molar-refractivity contribution in [2.75, 3.05) is 6.54 Å². The summed E-state index contributed by atoms with van der Waals surface area (Å²) in [6.07, 6.45) is 10.9. The van der Waals surface area contributed by atoms with Crippen LogP contribution in [0.3, 0.4) is 0 Å². The third kappa shape index (κ3) is 5.86. The van der Waals surface area contributed by atoms with Gasteiger partial charge in [-0.25, -0.2) is 0 Å². The van der Waals surface area contributed by atoms with Crippen molar-refractivity contribution < 1.29 is 0 Å². The molecule has 0 radical (unpaired) electrons. The molecular weight excluding hydrogens is 134 g/mol. The van der Waals surface area contributed by atoms with Crippen molar-refractivity contribution in [3.8, 4) is 0 Å². The van der Waals surface area contributed by atoms with Gasteiger partial charge in [-0.05, 0) is 18.8 Å². The minimum absolute atomic E-state index is 0.582. The lowest BCUT2D eigenvalue weighted by molar-refractivity contribution is 0.768. The fourth-order valence-electron chi connectivity index (χ4n) is 0.901. The zero-order valence-corrected chi connectivity index (χ0v) is 7.59. The maximum atomic E-state index is 5.35. The molecule has 0 heterocycles. The van der Waals surface area contributed by atoms with Crippen molar-refractivity contribution in [2.45, 2.75) is 26.7 Å². The Hall–Kier alpha value is -0.560. The summed E-state index contributed by atoms with van der Waals surface area (Å²) in [7, 11) is 0. The predicted molar refractivity (Wildman–Crippen MR) is 51.4 cm³/mol. The van der Waals surface area contributed by atoms with Crippen molar-refractivity contribution in [1.29, 1.82) is 0 Å². The Bertz CT molecular complexity index is 111. The fourth-order valence-corrected chi connectivity index (χ4v) is 0.901. The molecule has 0 aliphatic carbocycles. The molecule has 64 valence electrons. The summed E-state index contributed by atoms with van der Waals surface area (Å²) >= 11 is 0. The number of rotatable bonds is 5. The highest BCUT2D eigenvalue weighted by Crippen LogP contribution is 2.06. The molecule has 0 rings (SSSR count). The van der Waals surface area contributed by atoms with Gasteiger partial charge in [-0.2, -0.15) is 0 Å². The summed E-state index contributed by atoms with van der Waals surface area (Å²) in [6.45, 7) is 4.98. The second-order valence-corrected chi connectivity index (χ2v) is 2.57. The number of nitrogens with two attached hydrogens (primary N) is 1. The molecule has 0 saturated carbocycles. The Kier molecular flexibility index (Phi) is 7.16. The molecule has 0 aromatic carbocycles. The molecule has 0 aromatic heterocycles. The van der Waals surface area contributed by atoms with E-state index in [1.807, 2.05) is 6.08 Å².